The summed E-state index contributed by atoms with van der Waals surface area (Å²) in [5.41, 5.74) is 3.22. The zero-order chi connectivity index (χ0) is 21.1. The Hall–Kier alpha value is -2.18. The summed E-state index contributed by atoms with van der Waals surface area (Å²) in [4.78, 5) is 22.2. The molecule has 1 atom stereocenters. The lowest BCUT2D eigenvalue weighted by Crippen LogP contribution is -2.44. The lowest BCUT2D eigenvalue weighted by molar-refractivity contribution is -0.137. The number of hydrogen-bond acceptors (Lipinski definition) is 3. The molecule has 5 nitrogen and oxygen atoms in total. The second kappa shape index (κ2) is 9.31. The van der Waals surface area contributed by atoms with Gasteiger partial charge in [-0.3, -0.25) is 14.3 Å². The number of benzene rings is 2. The molecule has 2 aromatic carbocycles. The Kier molecular flexibility index (Phi) is 6.54. The van der Waals surface area contributed by atoms with Gasteiger partial charge >= 0.3 is 0 Å². The molecule has 1 aromatic heterocycles. The molecule has 1 fully saturated rings. The third kappa shape index (κ3) is 4.30. The second-order valence-electron chi connectivity index (χ2n) is 7.91. The molecule has 0 bridgehead atoms. The number of likely N-dealkylation sites (tertiary alicyclic amines) is 1. The lowest BCUT2D eigenvalue weighted by atomic mass is 9.96. The van der Waals surface area contributed by atoms with Crippen molar-refractivity contribution in [3.05, 3.63) is 58.8 Å². The van der Waals surface area contributed by atoms with Crippen LogP contribution in [-0.4, -0.2) is 51.4 Å². The van der Waals surface area contributed by atoms with Gasteiger partial charge in [-0.05, 0) is 69.6 Å². The highest BCUT2D eigenvalue weighted by Crippen LogP contribution is 2.26. The molecule has 0 aliphatic carbocycles. The number of rotatable bonds is 6. The van der Waals surface area contributed by atoms with Crippen molar-refractivity contribution in [3.8, 4) is 5.69 Å². The maximum absolute atomic E-state index is 12.9. The average molecular weight is 469 g/mol. The summed E-state index contributed by atoms with van der Waals surface area (Å²) < 4.78 is 3.31. The first-order valence-electron chi connectivity index (χ1n) is 10.8. The number of nitrogens with zero attached hydrogens (tertiary/aromatic N) is 4. The van der Waals surface area contributed by atoms with Gasteiger partial charge in [-0.1, -0.05) is 28.1 Å². The highest BCUT2D eigenvalue weighted by molar-refractivity contribution is 9.10. The van der Waals surface area contributed by atoms with Crippen LogP contribution < -0.4 is 0 Å². The number of para-hydroxylation sites is 2. The molecule has 1 aliphatic heterocycles. The normalized spacial score (nSPS) is 17.4. The van der Waals surface area contributed by atoms with Crippen molar-refractivity contribution in [2.24, 2.45) is 5.92 Å². The van der Waals surface area contributed by atoms with Crippen LogP contribution >= 0.6 is 15.9 Å². The van der Waals surface area contributed by atoms with E-state index in [0.717, 1.165) is 72.6 Å². The van der Waals surface area contributed by atoms with Gasteiger partial charge < -0.3 is 4.90 Å². The minimum absolute atomic E-state index is 0.0872. The fourth-order valence-corrected chi connectivity index (χ4v) is 4.72. The van der Waals surface area contributed by atoms with E-state index in [2.05, 4.69) is 81.7 Å². The molecule has 158 valence electrons. The molecule has 6 heteroatoms. The van der Waals surface area contributed by atoms with E-state index in [4.69, 9.17) is 4.98 Å². The molecule has 1 aliphatic rings. The van der Waals surface area contributed by atoms with Crippen LogP contribution in [0.15, 0.2) is 53.0 Å². The number of aromatic nitrogens is 2. The zero-order valence-electron chi connectivity index (χ0n) is 17.7. The molecule has 0 radical (unpaired) electrons. The van der Waals surface area contributed by atoms with E-state index in [0.29, 0.717) is 5.91 Å². The van der Waals surface area contributed by atoms with Crippen molar-refractivity contribution < 1.29 is 4.79 Å². The van der Waals surface area contributed by atoms with E-state index in [9.17, 15) is 4.79 Å². The third-order valence-electron chi connectivity index (χ3n) is 6.01. The Balaban J connectivity index is 1.61. The van der Waals surface area contributed by atoms with Gasteiger partial charge in [-0.2, -0.15) is 0 Å². The molecule has 0 saturated carbocycles. The molecular weight excluding hydrogens is 440 g/mol. The maximum atomic E-state index is 12.9. The minimum Gasteiger partial charge on any atom is -0.343 e. The van der Waals surface area contributed by atoms with Gasteiger partial charge in [0.1, 0.15) is 5.82 Å². The van der Waals surface area contributed by atoms with Crippen LogP contribution in [0.25, 0.3) is 16.7 Å². The molecule has 0 unspecified atom stereocenters. The summed E-state index contributed by atoms with van der Waals surface area (Å²) in [6.45, 7) is 8.23. The monoisotopic (exact) mass is 468 g/mol. The molecule has 4 rings (SSSR count). The molecule has 1 saturated heterocycles. The predicted molar refractivity (Wildman–Crippen MR) is 125 cm³/mol. The third-order valence-corrected chi connectivity index (χ3v) is 6.54. The van der Waals surface area contributed by atoms with Crippen molar-refractivity contribution >= 4 is 32.9 Å². The Morgan fingerprint density at radius 1 is 1.13 bits per heavy atom. The van der Waals surface area contributed by atoms with Gasteiger partial charge in [-0.25, -0.2) is 4.98 Å². The van der Waals surface area contributed by atoms with Crippen LogP contribution in [0.4, 0.5) is 0 Å². The largest absolute Gasteiger partial charge is 0.343 e. The van der Waals surface area contributed by atoms with Crippen molar-refractivity contribution in [3.63, 3.8) is 0 Å². The lowest BCUT2D eigenvalue weighted by Gasteiger charge is -2.34. The van der Waals surface area contributed by atoms with Crippen molar-refractivity contribution in [2.45, 2.75) is 33.2 Å². The van der Waals surface area contributed by atoms with E-state index in [1.807, 2.05) is 11.0 Å². The minimum atomic E-state index is 0.0872. The molecule has 3 aromatic rings. The highest BCUT2D eigenvalue weighted by Gasteiger charge is 2.29. The Morgan fingerprint density at radius 3 is 2.60 bits per heavy atom. The van der Waals surface area contributed by atoms with E-state index in [1.54, 1.807) is 0 Å². The van der Waals surface area contributed by atoms with Crippen LogP contribution in [-0.2, 0) is 11.3 Å². The highest BCUT2D eigenvalue weighted by atomic mass is 79.9. The smallest absolute Gasteiger partial charge is 0.226 e. The maximum Gasteiger partial charge on any atom is 0.226 e. The molecule has 1 amide bonds. The Bertz CT molecular complexity index is 1010. The van der Waals surface area contributed by atoms with Gasteiger partial charge in [-0.15, -0.1) is 0 Å². The number of halogens is 1. The van der Waals surface area contributed by atoms with E-state index in [1.165, 1.54) is 0 Å². The van der Waals surface area contributed by atoms with Gasteiger partial charge in [0.25, 0.3) is 0 Å². The van der Waals surface area contributed by atoms with Crippen LogP contribution in [0, 0.1) is 5.92 Å². The van der Waals surface area contributed by atoms with Crippen LogP contribution in [0.2, 0.25) is 0 Å². The topological polar surface area (TPSA) is 41.4 Å². The summed E-state index contributed by atoms with van der Waals surface area (Å²) in [5, 5.41) is 0. The average Bonchev–Trinajstić information content (AvgIpc) is 3.13. The first kappa shape index (κ1) is 21.1. The zero-order valence-corrected chi connectivity index (χ0v) is 19.3. The van der Waals surface area contributed by atoms with Gasteiger partial charge in [0.2, 0.25) is 5.91 Å². The van der Waals surface area contributed by atoms with Crippen LogP contribution in [0.5, 0.6) is 0 Å². The van der Waals surface area contributed by atoms with Crippen molar-refractivity contribution in [2.75, 3.05) is 26.2 Å². The van der Waals surface area contributed by atoms with Crippen LogP contribution in [0.1, 0.15) is 32.5 Å². The molecular formula is C24H29BrN4O. The summed E-state index contributed by atoms with van der Waals surface area (Å²) in [6, 6.07) is 16.6. The summed E-state index contributed by atoms with van der Waals surface area (Å²) in [7, 11) is 0. The van der Waals surface area contributed by atoms with E-state index >= 15 is 0 Å². The molecule has 30 heavy (non-hydrogen) atoms. The standard InChI is InChI=1S/C24H29BrN4O/c1-3-28(4-2)24(30)18-8-7-15-27(16-18)17-23-26-21-9-5-6-10-22(21)29(23)20-13-11-19(25)12-14-20/h5-6,9-14,18H,3-4,7-8,15-17H2,1-2H3/t18-/m1/s1. The van der Waals surface area contributed by atoms with Gasteiger partial charge in [0.15, 0.2) is 0 Å². The molecule has 2 heterocycles. The number of carbonyl (C=O) groups is 1. The van der Waals surface area contributed by atoms with Gasteiger partial charge in [0.05, 0.1) is 23.5 Å². The summed E-state index contributed by atoms with van der Waals surface area (Å²) in [6.07, 6.45) is 2.03. The predicted octanol–water partition coefficient (Wildman–Crippen LogP) is 4.87. The quantitative estimate of drug-likeness (QED) is 0.518. The SMILES string of the molecule is CCN(CC)C(=O)[C@@H]1CCCN(Cc2nc3ccccc3n2-c2ccc(Br)cc2)C1. The van der Waals surface area contributed by atoms with Gasteiger partial charge in [0, 0.05) is 29.8 Å². The van der Waals surface area contributed by atoms with E-state index in [-0.39, 0.29) is 5.92 Å². The Morgan fingerprint density at radius 2 is 1.87 bits per heavy atom. The number of hydrogen-bond donors (Lipinski definition) is 0. The summed E-state index contributed by atoms with van der Waals surface area (Å²) >= 11 is 3.53. The van der Waals surface area contributed by atoms with Crippen LogP contribution in [0.3, 0.4) is 0 Å². The van der Waals surface area contributed by atoms with E-state index < -0.39 is 0 Å². The number of piperidine rings is 1. The summed E-state index contributed by atoms with van der Waals surface area (Å²) in [5.74, 6) is 1.41. The van der Waals surface area contributed by atoms with Crippen molar-refractivity contribution in [1.82, 2.24) is 19.4 Å². The Labute approximate surface area is 186 Å². The number of carbonyl (C=O) groups excluding carboxylic acids is 1. The first-order valence-corrected chi connectivity index (χ1v) is 11.6. The second-order valence-corrected chi connectivity index (χ2v) is 8.83. The van der Waals surface area contributed by atoms with Crippen molar-refractivity contribution in [1.29, 1.82) is 0 Å². The number of fused-ring (bicyclic) bond motifs is 1. The molecule has 0 spiro atoms. The molecule has 0 N–H and O–H groups in total. The number of imidazole rings is 1. The fraction of sp³-hybridized carbons (Fsp3) is 0.417. The number of amides is 1. The first-order chi connectivity index (χ1) is 14.6. The fourth-order valence-electron chi connectivity index (χ4n) is 4.45.